The maximum absolute atomic E-state index is 11.2. The molecule has 0 amide bonds. The van der Waals surface area contributed by atoms with Crippen LogP contribution in [0.5, 0.6) is 0 Å². The van der Waals surface area contributed by atoms with Crippen LogP contribution >= 0.6 is 0 Å². The predicted molar refractivity (Wildman–Crippen MR) is 53.9 cm³/mol. The van der Waals surface area contributed by atoms with Gasteiger partial charge in [0.25, 0.3) is 0 Å². The van der Waals surface area contributed by atoms with Crippen LogP contribution in [0, 0.1) is 0 Å². The van der Waals surface area contributed by atoms with E-state index in [1.807, 2.05) is 0 Å². The third kappa shape index (κ3) is 6.51. The smallest absolute Gasteiger partial charge is 0.784 e. The van der Waals surface area contributed by atoms with E-state index in [2.05, 4.69) is 0 Å². The largest absolute Gasteiger partial charge is 1.00 e. The van der Waals surface area contributed by atoms with Gasteiger partial charge in [-0.1, -0.05) is 24.3 Å². The zero-order valence-electron chi connectivity index (χ0n) is 9.91. The molecular weight excluding hydrogens is 278 g/mol. The molecule has 84 valence electrons. The van der Waals surface area contributed by atoms with E-state index in [1.54, 1.807) is 24.3 Å². The minimum Gasteiger partial charge on any atom is -0.784 e. The quantitative estimate of drug-likeness (QED) is 0.350. The van der Waals surface area contributed by atoms with Crippen molar-refractivity contribution < 1.29 is 82.0 Å². The van der Waals surface area contributed by atoms with E-state index in [-0.39, 0.29) is 70.7 Å². The van der Waals surface area contributed by atoms with E-state index in [9.17, 15) is 9.59 Å². The number of fused-ring (bicyclic) bond motifs is 1. The molecule has 0 radical (unpaired) electrons. The number of ketones is 2. The van der Waals surface area contributed by atoms with Gasteiger partial charge in [-0.2, -0.15) is 0 Å². The SMILES string of the molecule is O=C1C=CC(=O)c2ccccc21.O=S([O-])[O-].[Na+].[Na+]. The van der Waals surface area contributed by atoms with Crippen LogP contribution < -0.4 is 59.1 Å². The average molecular weight is 284 g/mol. The molecule has 2 rings (SSSR count). The summed E-state index contributed by atoms with van der Waals surface area (Å²) in [6, 6.07) is 6.84. The van der Waals surface area contributed by atoms with Gasteiger partial charge in [0.1, 0.15) is 0 Å². The van der Waals surface area contributed by atoms with Gasteiger partial charge >= 0.3 is 59.1 Å². The fourth-order valence-corrected chi connectivity index (χ4v) is 1.24. The minimum atomic E-state index is -3.11. The van der Waals surface area contributed by atoms with Gasteiger partial charge in [-0.15, -0.1) is 11.4 Å². The Kier molecular flexibility index (Phi) is 11.7. The number of hydrogen-bond acceptors (Lipinski definition) is 5. The van der Waals surface area contributed by atoms with Crippen LogP contribution in [-0.4, -0.2) is 24.9 Å². The molecule has 0 bridgehead atoms. The summed E-state index contributed by atoms with van der Waals surface area (Å²) in [4.78, 5) is 22.4. The average Bonchev–Trinajstić information content (AvgIpc) is 2.23. The van der Waals surface area contributed by atoms with Crippen LogP contribution in [0.4, 0.5) is 0 Å². The summed E-state index contributed by atoms with van der Waals surface area (Å²) in [5.74, 6) is -0.185. The first kappa shape index (κ1) is 20.7. The van der Waals surface area contributed by atoms with Crippen LogP contribution in [0.1, 0.15) is 20.7 Å². The number of rotatable bonds is 0. The first-order valence-corrected chi connectivity index (χ1v) is 5.15. The number of carbonyl (C=O) groups is 2. The van der Waals surface area contributed by atoms with Crippen molar-refractivity contribution in [2.75, 3.05) is 0 Å². The molecule has 0 atom stereocenters. The second-order valence-corrected chi connectivity index (χ2v) is 3.22. The van der Waals surface area contributed by atoms with Crippen molar-refractivity contribution in [3.05, 3.63) is 47.5 Å². The molecule has 0 fully saturated rings. The normalized spacial score (nSPS) is 11.7. The van der Waals surface area contributed by atoms with E-state index < -0.39 is 11.4 Å². The maximum Gasteiger partial charge on any atom is 1.00 e. The Morgan fingerprint density at radius 3 is 1.39 bits per heavy atom. The number of carbonyl (C=O) groups excluding carboxylic acids is 2. The maximum atomic E-state index is 11.2. The molecule has 0 N–H and O–H groups in total. The molecule has 0 unspecified atom stereocenters. The summed E-state index contributed by atoms with van der Waals surface area (Å²) in [5.41, 5.74) is 1.01. The van der Waals surface area contributed by atoms with Crippen molar-refractivity contribution in [3.63, 3.8) is 0 Å². The van der Waals surface area contributed by atoms with Gasteiger partial charge < -0.3 is 9.11 Å². The van der Waals surface area contributed by atoms with Gasteiger partial charge in [-0.05, 0) is 12.2 Å². The van der Waals surface area contributed by atoms with Crippen molar-refractivity contribution in [1.29, 1.82) is 0 Å². The molecule has 1 aliphatic carbocycles. The molecule has 1 aliphatic rings. The minimum absolute atomic E-state index is 0. The zero-order chi connectivity index (χ0) is 12.1. The molecule has 18 heavy (non-hydrogen) atoms. The van der Waals surface area contributed by atoms with Crippen molar-refractivity contribution in [3.8, 4) is 0 Å². The van der Waals surface area contributed by atoms with Crippen molar-refractivity contribution in [2.45, 2.75) is 0 Å². The van der Waals surface area contributed by atoms with E-state index in [0.29, 0.717) is 11.1 Å². The fourth-order valence-electron chi connectivity index (χ4n) is 1.24. The van der Waals surface area contributed by atoms with E-state index in [0.717, 1.165) is 0 Å². The molecule has 8 heteroatoms. The number of allylic oxidation sites excluding steroid dienone is 2. The van der Waals surface area contributed by atoms with E-state index >= 15 is 0 Å². The zero-order valence-corrected chi connectivity index (χ0v) is 14.7. The summed E-state index contributed by atoms with van der Waals surface area (Å²) >= 11 is -3.11. The molecular formula is C10H6Na2O5S. The molecule has 0 saturated heterocycles. The molecule has 0 aromatic heterocycles. The Morgan fingerprint density at radius 1 is 0.833 bits per heavy atom. The first-order valence-electron chi connectivity index (χ1n) is 4.15. The Bertz CT molecular complexity index is 446. The standard InChI is InChI=1S/C10H6O2.2Na.H2O3S/c11-9-5-6-10(12)8-4-2-1-3-7(8)9;;;1-4(2)3/h1-6H;;;(H2,1,2,3)/q;2*+1;/p-2. The first-order chi connectivity index (χ1) is 7.52. The Balaban J connectivity index is 0. The van der Waals surface area contributed by atoms with E-state index in [4.69, 9.17) is 13.3 Å². The third-order valence-electron chi connectivity index (χ3n) is 1.84. The molecule has 0 heterocycles. The summed E-state index contributed by atoms with van der Waals surface area (Å²) < 4.78 is 25.3. The van der Waals surface area contributed by atoms with Gasteiger partial charge in [0.05, 0.1) is 0 Å². The molecule has 1 aromatic rings. The van der Waals surface area contributed by atoms with Gasteiger partial charge in [0, 0.05) is 11.1 Å². The number of hydrogen-bond donors (Lipinski definition) is 0. The van der Waals surface area contributed by atoms with Crippen LogP contribution in [0.3, 0.4) is 0 Å². The second-order valence-electron chi connectivity index (χ2n) is 2.81. The van der Waals surface area contributed by atoms with Crippen molar-refractivity contribution in [1.82, 2.24) is 0 Å². The van der Waals surface area contributed by atoms with Gasteiger partial charge in [0.2, 0.25) is 0 Å². The molecule has 0 spiro atoms. The summed E-state index contributed by atoms with van der Waals surface area (Å²) in [7, 11) is 0. The van der Waals surface area contributed by atoms with Crippen molar-refractivity contribution >= 4 is 22.9 Å². The fraction of sp³-hybridized carbons (Fsp3) is 0. The van der Waals surface area contributed by atoms with Crippen LogP contribution in [0.25, 0.3) is 0 Å². The predicted octanol–water partition coefficient (Wildman–Crippen LogP) is -5.37. The molecule has 0 aliphatic heterocycles. The Labute approximate surface area is 151 Å². The summed E-state index contributed by atoms with van der Waals surface area (Å²) in [6.45, 7) is 0. The van der Waals surface area contributed by atoms with Gasteiger partial charge in [-0.25, -0.2) is 0 Å². The molecule has 1 aromatic carbocycles. The Morgan fingerprint density at radius 2 is 1.11 bits per heavy atom. The monoisotopic (exact) mass is 284 g/mol. The van der Waals surface area contributed by atoms with Gasteiger partial charge in [-0.3, -0.25) is 13.8 Å². The van der Waals surface area contributed by atoms with Crippen molar-refractivity contribution in [2.24, 2.45) is 0 Å². The van der Waals surface area contributed by atoms with Crippen LogP contribution in [0.2, 0.25) is 0 Å². The summed E-state index contributed by atoms with van der Waals surface area (Å²) in [5, 5.41) is 0. The number of benzene rings is 1. The van der Waals surface area contributed by atoms with Crippen LogP contribution in [0.15, 0.2) is 36.4 Å². The second kappa shape index (κ2) is 10.2. The third-order valence-corrected chi connectivity index (χ3v) is 1.84. The van der Waals surface area contributed by atoms with Crippen LogP contribution in [-0.2, 0) is 11.4 Å². The van der Waals surface area contributed by atoms with Gasteiger partial charge in [0.15, 0.2) is 11.6 Å². The molecule has 0 saturated carbocycles. The topological polar surface area (TPSA) is 97.3 Å². The van der Waals surface area contributed by atoms with E-state index in [1.165, 1.54) is 12.2 Å². The Hall–Kier alpha value is 0.370. The summed E-state index contributed by atoms with van der Waals surface area (Å²) in [6.07, 6.45) is 2.62. The molecule has 5 nitrogen and oxygen atoms in total.